The van der Waals surface area contributed by atoms with Crippen LogP contribution in [0.2, 0.25) is 0 Å². The molecule has 4 atom stereocenters. The second-order valence-electron chi connectivity index (χ2n) is 20.8. The van der Waals surface area contributed by atoms with Crippen LogP contribution in [0.15, 0.2) is 61.1 Å². The number of carbonyl (C=O) groups excluding carboxylic acids is 4. The molecule has 2 amide bonds. The van der Waals surface area contributed by atoms with Crippen molar-refractivity contribution in [2.24, 2.45) is 5.73 Å². The molecule has 3 aromatic rings. The molecule has 506 valence electrons. The fourth-order valence-corrected chi connectivity index (χ4v) is 10.6. The van der Waals surface area contributed by atoms with Crippen LogP contribution in [0, 0.1) is 11.6 Å². The first kappa shape index (κ1) is 75.4. The van der Waals surface area contributed by atoms with E-state index in [1.165, 1.54) is 10.7 Å². The van der Waals surface area contributed by atoms with Gasteiger partial charge < -0.3 is 88.6 Å². The zero-order chi connectivity index (χ0) is 63.9. The van der Waals surface area contributed by atoms with Crippen molar-refractivity contribution in [1.29, 1.82) is 0 Å². The minimum atomic E-state index is -0.989. The molecule has 0 spiro atoms. The molecular weight excluding hydrogens is 1200 g/mol. The van der Waals surface area contributed by atoms with Crippen molar-refractivity contribution >= 4 is 35.1 Å². The van der Waals surface area contributed by atoms with E-state index >= 15 is 0 Å². The summed E-state index contributed by atoms with van der Waals surface area (Å²) in [6.45, 7) is 14.6. The summed E-state index contributed by atoms with van der Waals surface area (Å²) in [6, 6.07) is 9.72. The number of para-hydroxylation sites is 1. The van der Waals surface area contributed by atoms with Crippen LogP contribution in [0.3, 0.4) is 0 Å². The molecule has 28 heteroatoms. The van der Waals surface area contributed by atoms with Crippen LogP contribution in [-0.2, 0) is 77.6 Å². The molecule has 5 rings (SSSR count). The number of fused-ring (bicyclic) bond motifs is 1. The Morgan fingerprint density at radius 2 is 1.17 bits per heavy atom. The second-order valence-corrected chi connectivity index (χ2v) is 22.1. The number of hydrogen-bond acceptors (Lipinski definition) is 23. The first-order valence-corrected chi connectivity index (χ1v) is 32.3. The third-order valence-electron chi connectivity index (χ3n) is 13.8. The molecule has 2 aromatic carbocycles. The normalized spacial score (nSPS) is 15.6. The van der Waals surface area contributed by atoms with Gasteiger partial charge in [-0.05, 0) is 69.0 Å². The van der Waals surface area contributed by atoms with E-state index in [0.29, 0.717) is 219 Å². The lowest BCUT2D eigenvalue weighted by molar-refractivity contribution is -0.123. The van der Waals surface area contributed by atoms with E-state index in [1.54, 1.807) is 30.5 Å². The number of ether oxygens (including phenoxy) is 13. The van der Waals surface area contributed by atoms with Gasteiger partial charge in [0.1, 0.15) is 12.4 Å². The Bertz CT molecular complexity index is 2440. The maximum Gasteiger partial charge on any atom is 0.251 e. The number of nitrogens with one attached hydrogen (secondary N) is 4. The summed E-state index contributed by atoms with van der Waals surface area (Å²) in [6.07, 6.45) is 7.48. The largest absolute Gasteiger partial charge is 0.480 e. The molecule has 90 heavy (non-hydrogen) atoms. The number of aromatic nitrogens is 3. The number of aryl methyl sites for hydroxylation is 1. The SMILES string of the molecule is C=C1N[C@H]2[C@H](CS[C@H]2CCCCC(=O)NCCOCCOCCOCCOCCOCCOCCOCCOCCOCCOCCOCCOCCC(=O)CCc2cn(-c3cccc(C(=O)NC(CCCCN)C(=O)COc4c(F)cccc4F)c3)nn2)N1. The van der Waals surface area contributed by atoms with Gasteiger partial charge in [0.05, 0.1) is 200 Å². The van der Waals surface area contributed by atoms with E-state index in [-0.39, 0.29) is 43.1 Å². The highest BCUT2D eigenvalue weighted by Crippen LogP contribution is 2.34. The van der Waals surface area contributed by atoms with Crippen LogP contribution in [0.4, 0.5) is 8.78 Å². The van der Waals surface area contributed by atoms with Crippen molar-refractivity contribution in [1.82, 2.24) is 36.3 Å². The lowest BCUT2D eigenvalue weighted by atomic mass is 10.0. The molecule has 3 heterocycles. The molecule has 0 bridgehead atoms. The van der Waals surface area contributed by atoms with Crippen molar-refractivity contribution in [2.45, 2.75) is 87.6 Å². The van der Waals surface area contributed by atoms with E-state index in [0.717, 1.165) is 43.0 Å². The number of carbonyl (C=O) groups is 4. The summed E-state index contributed by atoms with van der Waals surface area (Å²) in [5, 5.41) is 21.4. The average Bonchev–Trinajstić information content (AvgIpc) is 2.95. The van der Waals surface area contributed by atoms with E-state index in [9.17, 15) is 28.0 Å². The van der Waals surface area contributed by atoms with Gasteiger partial charge in [-0.15, -0.1) is 5.10 Å². The first-order valence-electron chi connectivity index (χ1n) is 31.3. The number of rotatable bonds is 58. The Balaban J connectivity index is 0.696. The van der Waals surface area contributed by atoms with Gasteiger partial charge in [-0.2, -0.15) is 11.8 Å². The van der Waals surface area contributed by atoms with Gasteiger partial charge >= 0.3 is 0 Å². The molecular formula is C62H96F2N8O17S. The summed E-state index contributed by atoms with van der Waals surface area (Å²) >= 11 is 2.00. The van der Waals surface area contributed by atoms with Crippen molar-refractivity contribution in [3.8, 4) is 11.4 Å². The molecule has 2 fully saturated rings. The number of benzene rings is 2. The minimum absolute atomic E-state index is 0.00574. The second kappa shape index (κ2) is 48.4. The Morgan fingerprint density at radius 3 is 1.71 bits per heavy atom. The predicted octanol–water partition coefficient (Wildman–Crippen LogP) is 3.71. The Morgan fingerprint density at radius 1 is 0.644 bits per heavy atom. The molecule has 2 aliphatic rings. The first-order chi connectivity index (χ1) is 44.1. The summed E-state index contributed by atoms with van der Waals surface area (Å²) in [4.78, 5) is 51.1. The summed E-state index contributed by atoms with van der Waals surface area (Å²) in [7, 11) is 0. The number of hydrogen-bond donors (Lipinski definition) is 5. The van der Waals surface area contributed by atoms with Gasteiger partial charge in [-0.25, -0.2) is 13.5 Å². The van der Waals surface area contributed by atoms with Gasteiger partial charge in [0, 0.05) is 48.8 Å². The molecule has 2 saturated heterocycles. The monoisotopic (exact) mass is 1290 g/mol. The molecule has 25 nitrogen and oxygen atoms in total. The Kier molecular flexibility index (Phi) is 40.6. The van der Waals surface area contributed by atoms with E-state index in [1.807, 2.05) is 11.8 Å². The number of halogens is 2. The van der Waals surface area contributed by atoms with Crippen LogP contribution >= 0.6 is 11.8 Å². The minimum Gasteiger partial charge on any atom is -0.480 e. The van der Waals surface area contributed by atoms with Gasteiger partial charge in [0.2, 0.25) is 5.91 Å². The fourth-order valence-electron chi connectivity index (χ4n) is 9.07. The van der Waals surface area contributed by atoms with Gasteiger partial charge in [-0.1, -0.05) is 30.3 Å². The smallest absolute Gasteiger partial charge is 0.251 e. The maximum atomic E-state index is 14.1. The van der Waals surface area contributed by atoms with Gasteiger partial charge in [0.15, 0.2) is 23.2 Å². The molecule has 1 unspecified atom stereocenters. The Labute approximate surface area is 531 Å². The van der Waals surface area contributed by atoms with Crippen LogP contribution < -0.4 is 31.7 Å². The van der Waals surface area contributed by atoms with Crippen LogP contribution in [-0.4, -0.2) is 246 Å². The van der Waals surface area contributed by atoms with E-state index < -0.39 is 41.7 Å². The number of Topliss-reactive ketones (excluding diaryl/α,β-unsaturated/α-hetero) is 2. The van der Waals surface area contributed by atoms with Crippen molar-refractivity contribution in [3.05, 3.63) is 84.0 Å². The van der Waals surface area contributed by atoms with Gasteiger partial charge in [0.25, 0.3) is 5.91 Å². The van der Waals surface area contributed by atoms with Crippen LogP contribution in [0.1, 0.15) is 73.8 Å². The highest BCUT2D eigenvalue weighted by molar-refractivity contribution is 8.00. The predicted molar refractivity (Wildman–Crippen MR) is 331 cm³/mol. The summed E-state index contributed by atoms with van der Waals surface area (Å²) in [5.74, 6) is -1.54. The Hall–Kier alpha value is -5.31. The van der Waals surface area contributed by atoms with Crippen LogP contribution in [0.25, 0.3) is 5.69 Å². The van der Waals surface area contributed by atoms with E-state index in [2.05, 4.69) is 38.2 Å². The molecule has 0 saturated carbocycles. The quantitative estimate of drug-likeness (QED) is 0.0504. The third kappa shape index (κ3) is 33.3. The summed E-state index contributed by atoms with van der Waals surface area (Å²) in [5.41, 5.74) is 6.97. The number of amides is 2. The van der Waals surface area contributed by atoms with Crippen molar-refractivity contribution < 1.29 is 89.5 Å². The maximum absolute atomic E-state index is 14.1. The zero-order valence-corrected chi connectivity index (χ0v) is 52.8. The number of ketones is 2. The van der Waals surface area contributed by atoms with Crippen molar-refractivity contribution in [2.75, 3.05) is 184 Å². The van der Waals surface area contributed by atoms with Crippen LogP contribution in [0.5, 0.6) is 5.75 Å². The number of thioether (sulfide) groups is 1. The highest BCUT2D eigenvalue weighted by atomic mass is 32.2. The molecule has 0 radical (unpaired) electrons. The third-order valence-corrected chi connectivity index (χ3v) is 15.4. The van der Waals surface area contributed by atoms with Gasteiger partial charge in [-0.3, -0.25) is 19.2 Å². The summed E-state index contributed by atoms with van der Waals surface area (Å²) < 4.78 is 101. The topological polar surface area (TPSA) is 293 Å². The standard InChI is InChI=1S/C62H96F2N8O17S/c1-48-67-56-47-90-58(60(56)68-48)13-2-3-14-59(75)66-19-21-78-23-25-80-27-29-82-31-33-84-35-37-86-39-41-88-43-42-87-40-38-85-36-34-83-32-30-81-28-26-79-24-22-77-20-17-52(73)16-15-50-45-72(71-70-50)51-9-6-8-49(44-51)62(76)69-55(12-4-5-18-65)57(74)46-89-61-53(63)10-7-11-54(61)64/h6-11,44-45,55-56,58,60,67-68H,1-5,12-43,46-47,65H2,(H,66,75)(H,69,76)/t55?,56-,58-,60-/m0/s1. The van der Waals surface area contributed by atoms with E-state index in [4.69, 9.17) is 67.3 Å². The average molecular weight is 1300 g/mol. The number of nitrogens with two attached hydrogens (primary N) is 1. The lowest BCUT2D eigenvalue weighted by Gasteiger charge is -2.18. The van der Waals surface area contributed by atoms with Crippen molar-refractivity contribution in [3.63, 3.8) is 0 Å². The zero-order valence-electron chi connectivity index (χ0n) is 52.0. The number of nitrogens with zero attached hydrogens (tertiary/aromatic N) is 3. The lowest BCUT2D eigenvalue weighted by Crippen LogP contribution is -2.43. The molecule has 6 N–H and O–H groups in total. The molecule has 2 aliphatic heterocycles. The highest BCUT2D eigenvalue weighted by Gasteiger charge is 2.40. The molecule has 0 aliphatic carbocycles. The molecule has 1 aromatic heterocycles. The fraction of sp³-hybridized carbons (Fsp3) is 0.677. The number of unbranched alkanes of at least 4 members (excludes halogenated alkanes) is 2.